The number of ketones is 1. The van der Waals surface area contributed by atoms with Crippen LogP contribution in [0.5, 0.6) is 0 Å². The molecule has 9 nitrogen and oxygen atoms in total. The van der Waals surface area contributed by atoms with Gasteiger partial charge in [-0.2, -0.15) is 4.98 Å². The molecule has 10 heteroatoms. The number of allylic oxidation sites excluding steroid dienone is 2. The number of nitrogens with zero attached hydrogens (tertiary/aromatic N) is 5. The molecule has 1 atom stereocenters. The van der Waals surface area contributed by atoms with Crippen molar-refractivity contribution in [1.29, 1.82) is 0 Å². The Kier molecular flexibility index (Phi) is 6.71. The van der Waals surface area contributed by atoms with Crippen LogP contribution in [0.1, 0.15) is 30.6 Å². The Labute approximate surface area is 208 Å². The van der Waals surface area contributed by atoms with Crippen molar-refractivity contribution in [1.82, 2.24) is 24.0 Å². The van der Waals surface area contributed by atoms with Gasteiger partial charge in [0, 0.05) is 50.1 Å². The van der Waals surface area contributed by atoms with Crippen LogP contribution in [0.4, 0.5) is 5.95 Å². The molecular weight excluding hydrogens is 468 g/mol. The number of aromatic nitrogens is 4. The van der Waals surface area contributed by atoms with E-state index in [4.69, 9.17) is 4.98 Å². The zero-order valence-corrected chi connectivity index (χ0v) is 20.8. The van der Waals surface area contributed by atoms with Crippen molar-refractivity contribution in [3.63, 3.8) is 0 Å². The molecule has 4 heterocycles. The number of hydrogen-bond acceptors (Lipinski definition) is 6. The molecule has 0 amide bonds. The highest BCUT2D eigenvalue weighted by molar-refractivity contribution is 5.96. The minimum absolute atomic E-state index is 0. The van der Waals surface area contributed by atoms with Crippen LogP contribution in [0.15, 0.2) is 63.5 Å². The lowest BCUT2D eigenvalue weighted by atomic mass is 10.1. The van der Waals surface area contributed by atoms with Gasteiger partial charge in [-0.1, -0.05) is 42.0 Å². The zero-order valence-electron chi connectivity index (χ0n) is 20.0. The lowest BCUT2D eigenvalue weighted by molar-refractivity contribution is 0.0969. The first-order valence-electron chi connectivity index (χ1n) is 11.5. The van der Waals surface area contributed by atoms with Gasteiger partial charge in [0.1, 0.15) is 0 Å². The second kappa shape index (κ2) is 9.58. The number of Topliss-reactive ketones (excluding diaryl/α,β-unsaturated/α-hetero) is 1. The van der Waals surface area contributed by atoms with E-state index < -0.39 is 11.2 Å². The second-order valence-electron chi connectivity index (χ2n) is 9.11. The number of benzene rings is 1. The van der Waals surface area contributed by atoms with Gasteiger partial charge in [-0.05, 0) is 20.3 Å². The van der Waals surface area contributed by atoms with Crippen LogP contribution in [0.3, 0.4) is 0 Å². The van der Waals surface area contributed by atoms with Crippen LogP contribution < -0.4 is 21.5 Å². The minimum Gasteiger partial charge on any atom is -0.389 e. The van der Waals surface area contributed by atoms with Crippen LogP contribution >= 0.6 is 12.4 Å². The molecule has 5 rings (SSSR count). The van der Waals surface area contributed by atoms with E-state index >= 15 is 0 Å². The summed E-state index contributed by atoms with van der Waals surface area (Å²) in [7, 11) is 1.60. The molecule has 1 fully saturated rings. The number of halogens is 1. The monoisotopic (exact) mass is 496 g/mol. The molecule has 0 aliphatic carbocycles. The topological polar surface area (TPSA) is 94.2 Å². The van der Waals surface area contributed by atoms with Gasteiger partial charge in [0.2, 0.25) is 5.95 Å². The molecule has 35 heavy (non-hydrogen) atoms. The number of carbonyl (C=O) groups excluding carboxylic acids is 1. The zero-order chi connectivity index (χ0) is 24.0. The smallest absolute Gasteiger partial charge is 0.332 e. The van der Waals surface area contributed by atoms with Crippen LogP contribution in [-0.2, 0) is 20.1 Å². The van der Waals surface area contributed by atoms with E-state index in [0.29, 0.717) is 35.1 Å². The Morgan fingerprint density at radius 2 is 1.91 bits per heavy atom. The predicted molar refractivity (Wildman–Crippen MR) is 138 cm³/mol. The van der Waals surface area contributed by atoms with Crippen molar-refractivity contribution in [3.05, 3.63) is 80.3 Å². The highest BCUT2D eigenvalue weighted by Crippen LogP contribution is 2.35. The van der Waals surface area contributed by atoms with Crippen molar-refractivity contribution in [2.75, 3.05) is 18.0 Å². The number of fused-ring (bicyclic) bond motifs is 2. The second-order valence-corrected chi connectivity index (χ2v) is 9.11. The molecule has 0 radical (unpaired) electrons. The molecule has 1 N–H and O–H groups in total. The molecule has 1 saturated heterocycles. The molecule has 1 aromatic carbocycles. The third kappa shape index (κ3) is 4.20. The predicted octanol–water partition coefficient (Wildman–Crippen LogP) is 2.44. The maximum Gasteiger partial charge on any atom is 0.332 e. The Hall–Kier alpha value is -3.59. The van der Waals surface area contributed by atoms with Crippen LogP contribution in [-0.4, -0.2) is 37.6 Å². The largest absolute Gasteiger partial charge is 0.389 e. The van der Waals surface area contributed by atoms with Crippen molar-refractivity contribution < 1.29 is 4.79 Å². The highest BCUT2D eigenvalue weighted by Gasteiger charge is 2.35. The van der Waals surface area contributed by atoms with Crippen molar-refractivity contribution >= 4 is 35.3 Å². The third-order valence-corrected chi connectivity index (χ3v) is 6.58. The summed E-state index contributed by atoms with van der Waals surface area (Å²) in [5.74, 6) is 0.768. The number of nitrogens with one attached hydrogen (secondary N) is 1. The van der Waals surface area contributed by atoms with Crippen LogP contribution in [0.2, 0.25) is 0 Å². The third-order valence-electron chi connectivity index (χ3n) is 6.58. The summed E-state index contributed by atoms with van der Waals surface area (Å²) in [6.07, 6.45) is 5.04. The molecule has 2 aromatic heterocycles. The van der Waals surface area contributed by atoms with Crippen molar-refractivity contribution in [2.24, 2.45) is 13.0 Å². The quantitative estimate of drug-likeness (QED) is 0.416. The maximum absolute atomic E-state index is 13.7. The van der Waals surface area contributed by atoms with Gasteiger partial charge >= 0.3 is 5.69 Å². The lowest BCUT2D eigenvalue weighted by Gasteiger charge is -2.19. The Morgan fingerprint density at radius 3 is 2.63 bits per heavy atom. The molecule has 2 aliphatic rings. The summed E-state index contributed by atoms with van der Waals surface area (Å²) in [5, 5.41) is 3.29. The van der Waals surface area contributed by atoms with E-state index in [0.717, 1.165) is 35.3 Å². The van der Waals surface area contributed by atoms with E-state index in [9.17, 15) is 14.4 Å². The summed E-state index contributed by atoms with van der Waals surface area (Å²) in [4.78, 5) is 46.6. The maximum atomic E-state index is 13.7. The van der Waals surface area contributed by atoms with Crippen LogP contribution in [0, 0.1) is 5.92 Å². The van der Waals surface area contributed by atoms with E-state index in [1.54, 1.807) is 31.3 Å². The normalized spacial score (nSPS) is 16.5. The number of rotatable bonds is 6. The summed E-state index contributed by atoms with van der Waals surface area (Å²) in [6, 6.07) is 8.69. The fourth-order valence-electron chi connectivity index (χ4n) is 4.72. The summed E-state index contributed by atoms with van der Waals surface area (Å²) >= 11 is 0. The first kappa shape index (κ1) is 24.5. The molecule has 1 unspecified atom stereocenters. The lowest BCUT2D eigenvalue weighted by Crippen LogP contribution is -2.41. The molecule has 3 aromatic rings. The van der Waals surface area contributed by atoms with Gasteiger partial charge < -0.3 is 14.8 Å². The first-order chi connectivity index (χ1) is 16.4. The molecule has 2 aliphatic heterocycles. The summed E-state index contributed by atoms with van der Waals surface area (Å²) in [5.41, 5.74) is 2.31. The molecule has 184 valence electrons. The van der Waals surface area contributed by atoms with E-state index in [2.05, 4.69) is 10.2 Å². The average molecular weight is 497 g/mol. The summed E-state index contributed by atoms with van der Waals surface area (Å²) < 4.78 is 4.26. The van der Waals surface area contributed by atoms with Gasteiger partial charge in [0.05, 0.1) is 6.54 Å². The Bertz CT molecular complexity index is 1460. The fourth-order valence-corrected chi connectivity index (χ4v) is 4.72. The Balaban J connectivity index is 0.00000289. The average Bonchev–Trinajstić information content (AvgIpc) is 3.54. The number of carbonyl (C=O) groups is 1. The number of aryl methyl sites for hydroxylation is 1. The number of hydrogen-bond donors (Lipinski definition) is 1. The van der Waals surface area contributed by atoms with Gasteiger partial charge in [-0.15, -0.1) is 12.4 Å². The van der Waals surface area contributed by atoms with E-state index in [1.165, 1.54) is 4.57 Å². The van der Waals surface area contributed by atoms with Gasteiger partial charge in [0.25, 0.3) is 5.56 Å². The van der Waals surface area contributed by atoms with E-state index in [1.807, 2.05) is 36.8 Å². The van der Waals surface area contributed by atoms with Crippen molar-refractivity contribution in [2.45, 2.75) is 33.4 Å². The number of imidazole rings is 1. The molecular formula is C25H29ClN6O3. The van der Waals surface area contributed by atoms with Gasteiger partial charge in [0.15, 0.2) is 16.9 Å². The minimum atomic E-state index is -0.554. The van der Waals surface area contributed by atoms with Gasteiger partial charge in [-0.25, -0.2) is 4.79 Å². The standard InChI is InChI=1S/C25H28N6O3.ClH/c1-16(2)9-11-30-21-22(27-24(30)29-12-10-18-13-26-14-19(18)29)28(3)25(34)31(23(21)33)15-20(32)17-7-5-4-6-8-17;/h4-9,14,18,26H,10-13,15H2,1-3H3;1H. The number of anilines is 1. The SMILES string of the molecule is CC(C)=CCn1c(N2CCC3CNC=C32)nc2c1c(=O)n(CC(=O)c1ccccc1)c(=O)n2C.Cl. The fraction of sp³-hybridized carbons (Fsp3) is 0.360. The highest BCUT2D eigenvalue weighted by atomic mass is 35.5. The van der Waals surface area contributed by atoms with Crippen molar-refractivity contribution in [3.8, 4) is 0 Å². The molecule has 0 bridgehead atoms. The van der Waals surface area contributed by atoms with Crippen LogP contribution in [0.25, 0.3) is 11.2 Å². The summed E-state index contributed by atoms with van der Waals surface area (Å²) in [6.45, 7) is 5.81. The van der Waals surface area contributed by atoms with E-state index in [-0.39, 0.29) is 24.7 Å². The Morgan fingerprint density at radius 1 is 1.17 bits per heavy atom. The first-order valence-corrected chi connectivity index (χ1v) is 11.5. The molecule has 0 spiro atoms. The van der Waals surface area contributed by atoms with Gasteiger partial charge in [-0.3, -0.25) is 18.7 Å². The molecule has 0 saturated carbocycles.